The zero-order chi connectivity index (χ0) is 51.3. The highest BCUT2D eigenvalue weighted by Gasteiger charge is 2.47. The summed E-state index contributed by atoms with van der Waals surface area (Å²) in [4.78, 5) is 7.71. The molecule has 3 nitrogen and oxygen atoms in total. The third-order valence-electron chi connectivity index (χ3n) is 16.6. The van der Waals surface area contributed by atoms with E-state index in [-0.39, 0.29) is 28.4 Å². The first-order valence-corrected chi connectivity index (χ1v) is 26.8. The maximum Gasteiger partial charge on any atom is 0.252 e. The lowest BCUT2D eigenvalue weighted by Gasteiger charge is -2.48. The minimum Gasteiger partial charge on any atom is -0.311 e. The normalized spacial score (nSPS) is 15.2. The molecule has 0 spiro atoms. The SMILES string of the molecule is CC(C)(C)c1ccc(N2c3cc4c(cc3B3c5cc(N(c6ccccc6)c6ccccc6)ccc5N(c5ccc(-c6ccccc6)cc5)c5cc(C(C)(C)C)cc2c53)C(C)(C)CCC4(C)C)c(-c2ccccc2)c1. The maximum atomic E-state index is 2.69. The average Bonchev–Trinajstić information content (AvgIpc) is 3.41. The van der Waals surface area contributed by atoms with Crippen molar-refractivity contribution in [1.29, 1.82) is 0 Å². The fraction of sp³-hybridized carbons (Fsp3) is 0.229. The van der Waals surface area contributed by atoms with Crippen LogP contribution in [0.15, 0.2) is 206 Å². The number of anilines is 9. The van der Waals surface area contributed by atoms with Crippen molar-refractivity contribution in [3.8, 4) is 22.3 Å². The Labute approximate surface area is 441 Å². The van der Waals surface area contributed by atoms with E-state index < -0.39 is 0 Å². The van der Waals surface area contributed by atoms with Crippen LogP contribution in [0.2, 0.25) is 0 Å². The zero-order valence-electron chi connectivity index (χ0n) is 45.0. The van der Waals surface area contributed by atoms with Crippen molar-refractivity contribution in [1.82, 2.24) is 0 Å². The Kier molecular flexibility index (Phi) is 11.3. The number of rotatable bonds is 7. The predicted molar refractivity (Wildman–Crippen MR) is 319 cm³/mol. The molecule has 366 valence electrons. The molecule has 1 aliphatic carbocycles. The maximum absolute atomic E-state index is 2.69. The first-order valence-electron chi connectivity index (χ1n) is 26.8. The van der Waals surface area contributed by atoms with Crippen LogP contribution < -0.4 is 31.1 Å². The van der Waals surface area contributed by atoms with Crippen LogP contribution >= 0.6 is 0 Å². The van der Waals surface area contributed by atoms with Crippen molar-refractivity contribution in [2.45, 2.75) is 104 Å². The van der Waals surface area contributed by atoms with Gasteiger partial charge in [-0.3, -0.25) is 0 Å². The zero-order valence-corrected chi connectivity index (χ0v) is 45.0. The summed E-state index contributed by atoms with van der Waals surface area (Å²) in [5, 5.41) is 0. The van der Waals surface area contributed by atoms with Gasteiger partial charge in [-0.1, -0.05) is 191 Å². The molecule has 9 aromatic carbocycles. The van der Waals surface area contributed by atoms with Crippen molar-refractivity contribution in [2.24, 2.45) is 0 Å². The molecule has 0 saturated carbocycles. The van der Waals surface area contributed by atoms with Gasteiger partial charge in [-0.2, -0.15) is 0 Å². The second-order valence-electron chi connectivity index (χ2n) is 24.5. The van der Waals surface area contributed by atoms with Crippen LogP contribution in [0.3, 0.4) is 0 Å². The molecule has 0 fully saturated rings. The molecule has 0 radical (unpaired) electrons. The Morgan fingerprint density at radius 1 is 0.392 bits per heavy atom. The molecule has 3 aliphatic rings. The summed E-state index contributed by atoms with van der Waals surface area (Å²) in [6, 6.07) is 77.9. The van der Waals surface area contributed by atoms with Gasteiger partial charge >= 0.3 is 0 Å². The quantitative estimate of drug-likeness (QED) is 0.147. The second kappa shape index (κ2) is 17.6. The molecular weight excluding hydrogens is 894 g/mol. The summed E-state index contributed by atoms with van der Waals surface area (Å²) < 4.78 is 0. The monoisotopic (exact) mass is 962 g/mol. The van der Waals surface area contributed by atoms with Crippen LogP contribution in [0.25, 0.3) is 22.3 Å². The predicted octanol–water partition coefficient (Wildman–Crippen LogP) is 17.5. The Balaban J connectivity index is 1.21. The van der Waals surface area contributed by atoms with E-state index in [1.54, 1.807) is 0 Å². The van der Waals surface area contributed by atoms with E-state index in [1.165, 1.54) is 89.3 Å². The smallest absolute Gasteiger partial charge is 0.252 e. The van der Waals surface area contributed by atoms with Crippen molar-refractivity contribution in [2.75, 3.05) is 14.7 Å². The third-order valence-corrected chi connectivity index (χ3v) is 16.6. The second-order valence-corrected chi connectivity index (χ2v) is 24.5. The minimum absolute atomic E-state index is 0.00321. The van der Waals surface area contributed by atoms with Crippen molar-refractivity contribution < 1.29 is 0 Å². The van der Waals surface area contributed by atoms with Crippen LogP contribution in [0.4, 0.5) is 51.2 Å². The van der Waals surface area contributed by atoms with Crippen molar-refractivity contribution in [3.63, 3.8) is 0 Å². The Morgan fingerprint density at radius 2 is 0.878 bits per heavy atom. The van der Waals surface area contributed by atoms with Gasteiger partial charge in [-0.25, -0.2) is 0 Å². The molecule has 9 aromatic rings. The third kappa shape index (κ3) is 8.06. The molecule has 2 heterocycles. The highest BCUT2D eigenvalue weighted by Crippen LogP contribution is 2.53. The summed E-state index contributed by atoms with van der Waals surface area (Å²) >= 11 is 0. The van der Waals surface area contributed by atoms with E-state index in [9.17, 15) is 0 Å². The molecule has 2 aliphatic heterocycles. The van der Waals surface area contributed by atoms with E-state index >= 15 is 0 Å². The number of benzene rings is 9. The number of para-hydroxylation sites is 2. The van der Waals surface area contributed by atoms with E-state index in [4.69, 9.17) is 0 Å². The lowest BCUT2D eigenvalue weighted by atomic mass is 9.33. The van der Waals surface area contributed by atoms with Gasteiger partial charge in [0.1, 0.15) is 0 Å². The molecule has 0 amide bonds. The molecule has 0 atom stereocenters. The molecular formula is C70H68BN3. The molecule has 12 rings (SSSR count). The Bertz CT molecular complexity index is 3530. The molecule has 4 heteroatoms. The van der Waals surface area contributed by atoms with E-state index in [0.29, 0.717) is 0 Å². The average molecular weight is 962 g/mol. The van der Waals surface area contributed by atoms with Gasteiger partial charge in [0.2, 0.25) is 0 Å². The highest BCUT2D eigenvalue weighted by atomic mass is 15.2. The molecule has 0 N–H and O–H groups in total. The standard InChI is InChI=1S/C70H68BN3/c1-67(2,3)50-33-37-61(56(41-50)49-25-17-12-18-26-49)74-63-46-58-57(69(7,8)39-40-70(58,9)10)45-60(63)71-59-44-55(72(52-27-19-13-20-28-52)53-29-21-14-22-30-53)36-38-62(59)73(64-42-51(68(4,5)6)43-65(74)66(64)71)54-34-31-48(32-35-54)47-23-15-11-16-24-47/h11-38,41-46H,39-40H2,1-10H3. The number of nitrogens with zero attached hydrogens (tertiary/aromatic N) is 3. The van der Waals surface area contributed by atoms with Crippen LogP contribution in [-0.4, -0.2) is 6.71 Å². The molecule has 0 bridgehead atoms. The first kappa shape index (κ1) is 47.4. The number of hydrogen-bond donors (Lipinski definition) is 0. The molecule has 0 saturated heterocycles. The topological polar surface area (TPSA) is 9.72 Å². The van der Waals surface area contributed by atoms with Gasteiger partial charge < -0.3 is 14.7 Å². The van der Waals surface area contributed by atoms with Gasteiger partial charge in [0.15, 0.2) is 0 Å². The lowest BCUT2D eigenvalue weighted by Crippen LogP contribution is -2.62. The number of fused-ring (bicyclic) bond motifs is 5. The van der Waals surface area contributed by atoms with Crippen LogP contribution in [0.1, 0.15) is 104 Å². The summed E-state index contributed by atoms with van der Waals surface area (Å²) in [6.07, 6.45) is 2.28. The number of hydrogen-bond acceptors (Lipinski definition) is 3. The van der Waals surface area contributed by atoms with E-state index in [2.05, 4.69) is 290 Å². The van der Waals surface area contributed by atoms with Crippen molar-refractivity contribution in [3.05, 3.63) is 229 Å². The lowest BCUT2D eigenvalue weighted by molar-refractivity contribution is 0.332. The first-order chi connectivity index (χ1) is 35.5. The molecule has 0 aromatic heterocycles. The summed E-state index contributed by atoms with van der Waals surface area (Å²) in [7, 11) is 0. The van der Waals surface area contributed by atoms with Gasteiger partial charge in [-0.15, -0.1) is 0 Å². The van der Waals surface area contributed by atoms with Gasteiger partial charge in [0, 0.05) is 51.1 Å². The summed E-state index contributed by atoms with van der Waals surface area (Å²) in [5.74, 6) is 0. The van der Waals surface area contributed by atoms with Crippen LogP contribution in [0, 0.1) is 0 Å². The largest absolute Gasteiger partial charge is 0.311 e. The fourth-order valence-electron chi connectivity index (χ4n) is 12.2. The van der Waals surface area contributed by atoms with E-state index in [1.807, 2.05) is 0 Å². The molecule has 74 heavy (non-hydrogen) atoms. The fourth-order valence-corrected chi connectivity index (χ4v) is 12.2. The highest BCUT2D eigenvalue weighted by molar-refractivity contribution is 7.00. The minimum atomic E-state index is -0.161. The summed E-state index contributed by atoms with van der Waals surface area (Å²) in [5.41, 5.74) is 24.9. The Morgan fingerprint density at radius 3 is 1.45 bits per heavy atom. The van der Waals surface area contributed by atoms with Crippen LogP contribution in [-0.2, 0) is 21.7 Å². The Hall–Kier alpha value is -7.56. The molecule has 0 unspecified atom stereocenters. The van der Waals surface area contributed by atoms with Gasteiger partial charge in [0.25, 0.3) is 6.71 Å². The summed E-state index contributed by atoms with van der Waals surface area (Å²) in [6.45, 7) is 23.9. The van der Waals surface area contributed by atoms with Crippen molar-refractivity contribution >= 4 is 74.3 Å². The van der Waals surface area contributed by atoms with E-state index in [0.717, 1.165) is 35.6 Å². The van der Waals surface area contributed by atoms with Gasteiger partial charge in [0.05, 0.1) is 5.69 Å². The van der Waals surface area contributed by atoms with Crippen LogP contribution in [0.5, 0.6) is 0 Å². The van der Waals surface area contributed by atoms with Gasteiger partial charge in [-0.05, 0) is 175 Å².